The summed E-state index contributed by atoms with van der Waals surface area (Å²) in [6.45, 7) is 4.87. The Labute approximate surface area is 263 Å². The van der Waals surface area contributed by atoms with Gasteiger partial charge in [0.05, 0.1) is 0 Å². The van der Waals surface area contributed by atoms with Crippen molar-refractivity contribution in [1.82, 2.24) is 9.80 Å². The molecule has 2 aliphatic carbocycles. The minimum absolute atomic E-state index is 0.221. The van der Waals surface area contributed by atoms with E-state index < -0.39 is 0 Å². The van der Waals surface area contributed by atoms with E-state index in [9.17, 15) is 0 Å². The monoisotopic (exact) mass is 588 g/mol. The predicted octanol–water partition coefficient (Wildman–Crippen LogP) is 9.23. The second-order valence-electron chi connectivity index (χ2n) is 13.8. The Kier molecular flexibility index (Phi) is 8.22. The third-order valence-corrected chi connectivity index (χ3v) is 11.1. The highest BCUT2D eigenvalue weighted by molar-refractivity contribution is 6.09. The maximum atomic E-state index is 7.26. The summed E-state index contributed by atoms with van der Waals surface area (Å²) in [4.78, 5) is 5.44. The Morgan fingerprint density at radius 1 is 0.432 bits per heavy atom. The number of rotatable bonds is 7. The molecule has 4 aliphatic rings. The molecule has 4 nitrogen and oxygen atoms in total. The van der Waals surface area contributed by atoms with Crippen LogP contribution in [0.25, 0.3) is 32.7 Å². The summed E-state index contributed by atoms with van der Waals surface area (Å²) in [5.41, 5.74) is 2.41. The van der Waals surface area contributed by atoms with Crippen LogP contribution in [0.3, 0.4) is 0 Å². The van der Waals surface area contributed by atoms with Crippen LogP contribution >= 0.6 is 0 Å². The zero-order valence-corrected chi connectivity index (χ0v) is 26.3. The van der Waals surface area contributed by atoms with Crippen molar-refractivity contribution in [3.8, 4) is 22.6 Å². The molecule has 0 N–H and O–H groups in total. The van der Waals surface area contributed by atoms with Gasteiger partial charge in [-0.2, -0.15) is 0 Å². The summed E-state index contributed by atoms with van der Waals surface area (Å²) in [5, 5.41) is 5.00. The minimum Gasteiger partial charge on any atom is -0.488 e. The largest absolute Gasteiger partial charge is 0.488 e. The van der Waals surface area contributed by atoms with E-state index in [0.29, 0.717) is 12.1 Å². The molecule has 2 heterocycles. The summed E-state index contributed by atoms with van der Waals surface area (Å²) < 4.78 is 14.5. The molecule has 4 atom stereocenters. The van der Waals surface area contributed by atoms with Crippen LogP contribution in [0.4, 0.5) is 0 Å². The Bertz CT molecular complexity index is 1470. The summed E-state index contributed by atoms with van der Waals surface area (Å²) in [7, 11) is 0. The Balaban J connectivity index is 1.25. The number of hydrogen-bond acceptors (Lipinski definition) is 4. The molecule has 8 rings (SSSR count). The summed E-state index contributed by atoms with van der Waals surface area (Å²) in [5.74, 6) is 2.03. The van der Waals surface area contributed by atoms with E-state index in [2.05, 4.69) is 82.6 Å². The molecular weight excluding hydrogens is 540 g/mol. The van der Waals surface area contributed by atoms with Crippen LogP contribution in [-0.2, 0) is 0 Å². The highest BCUT2D eigenvalue weighted by atomic mass is 16.5. The van der Waals surface area contributed by atoms with E-state index in [-0.39, 0.29) is 12.2 Å². The van der Waals surface area contributed by atoms with Gasteiger partial charge in [-0.15, -0.1) is 0 Å². The van der Waals surface area contributed by atoms with Crippen molar-refractivity contribution >= 4 is 21.5 Å². The fourth-order valence-corrected chi connectivity index (χ4v) is 8.95. The zero-order chi connectivity index (χ0) is 29.3. The molecule has 2 aliphatic heterocycles. The molecule has 0 aromatic heterocycles. The van der Waals surface area contributed by atoms with Crippen molar-refractivity contribution in [2.24, 2.45) is 0 Å². The third kappa shape index (κ3) is 5.49. The van der Waals surface area contributed by atoms with Crippen LogP contribution in [-0.4, -0.2) is 60.3 Å². The van der Waals surface area contributed by atoms with Crippen molar-refractivity contribution in [2.45, 2.75) is 101 Å². The first-order valence-corrected chi connectivity index (χ1v) is 17.7. The van der Waals surface area contributed by atoms with Crippen molar-refractivity contribution in [1.29, 1.82) is 0 Å². The number of nitrogens with zero attached hydrogens (tertiary/aromatic N) is 2. The molecule has 0 amide bonds. The van der Waals surface area contributed by atoms with E-state index in [0.717, 1.165) is 24.3 Å². The standard InChI is InChI=1S/C40H48N2O2/c1-3-15-31-29(13-1)21-23-37(43-35-19-7-5-17-33(35)41-25-9-10-26-41)39(31)40-32-16-4-2-14-30(32)22-24-38(40)44-36-20-8-6-18-34(36)42-27-11-12-28-42/h1-4,13-16,21-24,33-36H,5-12,17-20,25-28H2/t33-,34-,35-,36-/m0/s1. The van der Waals surface area contributed by atoms with E-state index in [1.165, 1.54) is 123 Å². The quantitative estimate of drug-likeness (QED) is 0.215. The van der Waals surface area contributed by atoms with Gasteiger partial charge in [-0.1, -0.05) is 73.5 Å². The zero-order valence-electron chi connectivity index (χ0n) is 26.3. The topological polar surface area (TPSA) is 24.9 Å². The van der Waals surface area contributed by atoms with E-state index in [1.54, 1.807) is 0 Å². The SMILES string of the molecule is c1ccc2c(-c3c(O[C@H]4CCCC[C@@H]4N4CCCC4)ccc4ccccc34)c(O[C@H]3CCCC[C@@H]3N3CCCC3)ccc2c1. The number of likely N-dealkylation sites (tertiary alicyclic amines) is 2. The molecule has 230 valence electrons. The van der Waals surface area contributed by atoms with Crippen molar-refractivity contribution in [2.75, 3.05) is 26.2 Å². The van der Waals surface area contributed by atoms with Gasteiger partial charge >= 0.3 is 0 Å². The highest BCUT2D eigenvalue weighted by Crippen LogP contribution is 2.47. The highest BCUT2D eigenvalue weighted by Gasteiger charge is 2.36. The average Bonchev–Trinajstić information content (AvgIpc) is 3.81. The smallest absolute Gasteiger partial charge is 0.128 e. The molecule has 4 fully saturated rings. The van der Waals surface area contributed by atoms with Crippen molar-refractivity contribution in [3.05, 3.63) is 72.8 Å². The normalized spacial score (nSPS) is 26.8. The first kappa shape index (κ1) is 28.4. The number of fused-ring (bicyclic) bond motifs is 2. The fraction of sp³-hybridized carbons (Fsp3) is 0.500. The van der Waals surface area contributed by atoms with Crippen LogP contribution in [0.15, 0.2) is 72.8 Å². The van der Waals surface area contributed by atoms with E-state index >= 15 is 0 Å². The van der Waals surface area contributed by atoms with Crippen molar-refractivity contribution in [3.63, 3.8) is 0 Å². The van der Waals surface area contributed by atoms with Gasteiger partial charge in [-0.05, 0) is 124 Å². The molecule has 0 radical (unpaired) electrons. The molecule has 0 unspecified atom stereocenters. The van der Waals surface area contributed by atoms with Crippen LogP contribution in [0.1, 0.15) is 77.0 Å². The second-order valence-corrected chi connectivity index (χ2v) is 13.8. The van der Waals surface area contributed by atoms with Crippen LogP contribution in [0, 0.1) is 0 Å². The lowest BCUT2D eigenvalue weighted by Gasteiger charge is -2.39. The van der Waals surface area contributed by atoms with Gasteiger partial charge in [0, 0.05) is 23.2 Å². The average molecular weight is 589 g/mol. The molecule has 0 bridgehead atoms. The third-order valence-electron chi connectivity index (χ3n) is 11.1. The molecule has 2 saturated heterocycles. The Hall–Kier alpha value is -3.08. The number of ether oxygens (including phenoxy) is 2. The lowest BCUT2D eigenvalue weighted by molar-refractivity contribution is 0.0478. The van der Waals surface area contributed by atoms with Crippen LogP contribution in [0.5, 0.6) is 11.5 Å². The lowest BCUT2D eigenvalue weighted by Crippen LogP contribution is -2.46. The summed E-state index contributed by atoms with van der Waals surface area (Å²) >= 11 is 0. The van der Waals surface area contributed by atoms with Gasteiger partial charge in [0.15, 0.2) is 0 Å². The van der Waals surface area contributed by atoms with Gasteiger partial charge in [0.2, 0.25) is 0 Å². The van der Waals surface area contributed by atoms with E-state index in [4.69, 9.17) is 9.47 Å². The molecule has 2 saturated carbocycles. The maximum absolute atomic E-state index is 7.26. The van der Waals surface area contributed by atoms with E-state index in [1.807, 2.05) is 0 Å². The number of benzene rings is 4. The van der Waals surface area contributed by atoms with Crippen LogP contribution < -0.4 is 9.47 Å². The van der Waals surface area contributed by atoms with Crippen molar-refractivity contribution < 1.29 is 9.47 Å². The Morgan fingerprint density at radius 2 is 0.841 bits per heavy atom. The number of hydrogen-bond donors (Lipinski definition) is 0. The Morgan fingerprint density at radius 3 is 1.30 bits per heavy atom. The summed E-state index contributed by atoms with van der Waals surface area (Å²) in [6, 6.07) is 27.8. The first-order valence-electron chi connectivity index (χ1n) is 17.7. The maximum Gasteiger partial charge on any atom is 0.128 e. The van der Waals surface area contributed by atoms with Crippen LogP contribution in [0.2, 0.25) is 0 Å². The molecular formula is C40H48N2O2. The molecule has 4 heteroatoms. The first-order chi connectivity index (χ1) is 21.8. The minimum atomic E-state index is 0.221. The second kappa shape index (κ2) is 12.7. The fourth-order valence-electron chi connectivity index (χ4n) is 8.95. The van der Waals surface area contributed by atoms with Gasteiger partial charge in [-0.3, -0.25) is 9.80 Å². The van der Waals surface area contributed by atoms with Gasteiger partial charge in [0.1, 0.15) is 23.7 Å². The molecule has 0 spiro atoms. The molecule has 44 heavy (non-hydrogen) atoms. The molecule has 4 aromatic rings. The molecule has 4 aromatic carbocycles. The van der Waals surface area contributed by atoms with Gasteiger partial charge < -0.3 is 9.47 Å². The van der Waals surface area contributed by atoms with Gasteiger partial charge in [0.25, 0.3) is 0 Å². The summed E-state index contributed by atoms with van der Waals surface area (Å²) in [6.07, 6.45) is 15.6. The lowest BCUT2D eigenvalue weighted by atomic mass is 9.89. The van der Waals surface area contributed by atoms with Gasteiger partial charge in [-0.25, -0.2) is 0 Å². The predicted molar refractivity (Wildman–Crippen MR) is 182 cm³/mol.